The summed E-state index contributed by atoms with van der Waals surface area (Å²) in [6, 6.07) is 0. The van der Waals surface area contributed by atoms with Crippen molar-refractivity contribution in [1.29, 1.82) is 0 Å². The Balaban J connectivity index is 1.33. The molecule has 0 radical (unpaired) electrons. The van der Waals surface area contributed by atoms with Gasteiger partial charge in [-0.3, -0.25) is 9.69 Å². The van der Waals surface area contributed by atoms with Crippen LogP contribution in [0.5, 0.6) is 0 Å². The van der Waals surface area contributed by atoms with Gasteiger partial charge in [0, 0.05) is 13.1 Å². The van der Waals surface area contributed by atoms with Gasteiger partial charge in [0.15, 0.2) is 0 Å². The van der Waals surface area contributed by atoms with Crippen molar-refractivity contribution in [3.8, 4) is 0 Å². The van der Waals surface area contributed by atoms with E-state index >= 15 is 0 Å². The van der Waals surface area contributed by atoms with Crippen LogP contribution in [0.3, 0.4) is 0 Å². The lowest BCUT2D eigenvalue weighted by Gasteiger charge is -2.33. The van der Waals surface area contributed by atoms with Crippen molar-refractivity contribution in [2.24, 2.45) is 11.8 Å². The number of nitrogens with one attached hydrogen (secondary N) is 1. The third-order valence-electron chi connectivity index (χ3n) is 5.62. The maximum absolute atomic E-state index is 11.9. The molecule has 0 unspecified atom stereocenters. The Morgan fingerprint density at radius 2 is 2.15 bits per heavy atom. The average molecular weight is 358 g/mol. The third kappa shape index (κ3) is 5.49. The highest BCUT2D eigenvalue weighted by atomic mass is 16.2. The number of nitrogens with zero attached hydrogens (tertiary/aromatic N) is 5. The number of allylic oxidation sites excluding steroid dienone is 2. The van der Waals surface area contributed by atoms with Gasteiger partial charge < -0.3 is 5.32 Å². The van der Waals surface area contributed by atoms with Crippen molar-refractivity contribution in [2.45, 2.75) is 45.6 Å². The largest absolute Gasteiger partial charge is 0.354 e. The SMILES string of the molecule is C=C(C)[C@@H]1CC=C(CN2CCC(CNC(=O)Cn3cnnn3)CC2)CC1. The van der Waals surface area contributed by atoms with Crippen LogP contribution in [0.2, 0.25) is 0 Å². The summed E-state index contributed by atoms with van der Waals surface area (Å²) < 4.78 is 1.44. The molecule has 1 aromatic rings. The van der Waals surface area contributed by atoms with Gasteiger partial charge in [-0.1, -0.05) is 23.8 Å². The van der Waals surface area contributed by atoms with Crippen LogP contribution in [0, 0.1) is 11.8 Å². The number of hydrogen-bond donors (Lipinski definition) is 1. The number of rotatable bonds is 7. The second-order valence-electron chi connectivity index (χ2n) is 7.71. The number of hydrogen-bond acceptors (Lipinski definition) is 5. The average Bonchev–Trinajstić information content (AvgIpc) is 3.14. The normalized spacial score (nSPS) is 22.0. The van der Waals surface area contributed by atoms with E-state index in [1.165, 1.54) is 29.4 Å². The maximum Gasteiger partial charge on any atom is 0.241 e. The molecular formula is C19H30N6O. The van der Waals surface area contributed by atoms with Gasteiger partial charge in [0.25, 0.3) is 0 Å². The fourth-order valence-corrected chi connectivity index (χ4v) is 3.83. The first-order chi connectivity index (χ1) is 12.6. The summed E-state index contributed by atoms with van der Waals surface area (Å²) in [5, 5.41) is 13.8. The van der Waals surface area contributed by atoms with Crippen LogP contribution in [0.4, 0.5) is 0 Å². The van der Waals surface area contributed by atoms with Gasteiger partial charge in [0.05, 0.1) is 0 Å². The summed E-state index contributed by atoms with van der Waals surface area (Å²) in [6.45, 7) is 10.5. The fourth-order valence-electron chi connectivity index (χ4n) is 3.83. The molecule has 0 spiro atoms. The van der Waals surface area contributed by atoms with Crippen LogP contribution < -0.4 is 5.32 Å². The zero-order chi connectivity index (χ0) is 18.4. The van der Waals surface area contributed by atoms with E-state index in [4.69, 9.17) is 0 Å². The predicted molar refractivity (Wildman–Crippen MR) is 100 cm³/mol. The van der Waals surface area contributed by atoms with E-state index in [0.29, 0.717) is 11.8 Å². The summed E-state index contributed by atoms with van der Waals surface area (Å²) >= 11 is 0. The van der Waals surface area contributed by atoms with Crippen molar-refractivity contribution < 1.29 is 4.79 Å². The Labute approximate surface area is 155 Å². The molecule has 3 rings (SSSR count). The van der Waals surface area contributed by atoms with Crippen LogP contribution >= 0.6 is 0 Å². The third-order valence-corrected chi connectivity index (χ3v) is 5.62. The van der Waals surface area contributed by atoms with Gasteiger partial charge in [-0.05, 0) is 74.4 Å². The molecule has 1 aromatic heterocycles. The Morgan fingerprint density at radius 3 is 2.77 bits per heavy atom. The number of aromatic nitrogens is 4. The summed E-state index contributed by atoms with van der Waals surface area (Å²) in [5.74, 6) is 1.22. The van der Waals surface area contributed by atoms with E-state index < -0.39 is 0 Å². The Bertz CT molecular complexity index is 630. The first kappa shape index (κ1) is 18.8. The Kier molecular flexibility index (Phi) is 6.55. The minimum absolute atomic E-state index is 0.0286. The molecule has 7 heteroatoms. The molecule has 26 heavy (non-hydrogen) atoms. The lowest BCUT2D eigenvalue weighted by Crippen LogP contribution is -2.40. The Morgan fingerprint density at radius 1 is 1.35 bits per heavy atom. The van der Waals surface area contributed by atoms with E-state index in [0.717, 1.165) is 45.4 Å². The van der Waals surface area contributed by atoms with Crippen molar-refractivity contribution in [1.82, 2.24) is 30.4 Å². The lowest BCUT2D eigenvalue weighted by molar-refractivity contribution is -0.122. The zero-order valence-electron chi connectivity index (χ0n) is 15.7. The van der Waals surface area contributed by atoms with Crippen molar-refractivity contribution in [3.63, 3.8) is 0 Å². The number of tetrazole rings is 1. The van der Waals surface area contributed by atoms with E-state index in [2.05, 4.69) is 45.3 Å². The van der Waals surface area contributed by atoms with Crippen LogP contribution in [-0.2, 0) is 11.3 Å². The molecule has 1 fully saturated rings. The Hall–Kier alpha value is -2.02. The molecular weight excluding hydrogens is 328 g/mol. The molecule has 2 aliphatic rings. The summed E-state index contributed by atoms with van der Waals surface area (Å²) in [7, 11) is 0. The predicted octanol–water partition coefficient (Wildman–Crippen LogP) is 1.80. The quantitative estimate of drug-likeness (QED) is 0.752. The smallest absolute Gasteiger partial charge is 0.241 e. The van der Waals surface area contributed by atoms with Crippen molar-refractivity contribution in [2.75, 3.05) is 26.2 Å². The summed E-state index contributed by atoms with van der Waals surface area (Å²) in [4.78, 5) is 14.5. The van der Waals surface area contributed by atoms with Gasteiger partial charge in [-0.2, -0.15) is 0 Å². The van der Waals surface area contributed by atoms with Gasteiger partial charge in [-0.15, -0.1) is 5.10 Å². The monoisotopic (exact) mass is 358 g/mol. The lowest BCUT2D eigenvalue weighted by atomic mass is 9.85. The van der Waals surface area contributed by atoms with E-state index in [9.17, 15) is 4.79 Å². The van der Waals surface area contributed by atoms with Crippen LogP contribution in [0.25, 0.3) is 0 Å². The van der Waals surface area contributed by atoms with Crippen LogP contribution in [-0.4, -0.2) is 57.2 Å². The molecule has 1 aliphatic carbocycles. The molecule has 7 nitrogen and oxygen atoms in total. The second-order valence-corrected chi connectivity index (χ2v) is 7.71. The van der Waals surface area contributed by atoms with Crippen LogP contribution in [0.15, 0.2) is 30.1 Å². The molecule has 1 saturated heterocycles. The summed E-state index contributed by atoms with van der Waals surface area (Å²) in [5.41, 5.74) is 2.92. The van der Waals surface area contributed by atoms with Crippen LogP contribution in [0.1, 0.15) is 39.0 Å². The minimum Gasteiger partial charge on any atom is -0.354 e. The first-order valence-electron chi connectivity index (χ1n) is 9.63. The molecule has 0 aromatic carbocycles. The molecule has 2 heterocycles. The standard InChI is InChI=1S/C19H30N6O/c1-15(2)18-5-3-17(4-6-18)12-24-9-7-16(8-10-24)11-20-19(26)13-25-14-21-22-23-25/h3,14,16,18H,1,4-13H2,2H3,(H,20,26)/t18-/m1/s1. The molecule has 1 N–H and O–H groups in total. The number of carbonyl (C=O) groups is 1. The number of piperidine rings is 1. The highest BCUT2D eigenvalue weighted by molar-refractivity contribution is 5.75. The van der Waals surface area contributed by atoms with E-state index in [1.54, 1.807) is 5.57 Å². The van der Waals surface area contributed by atoms with Gasteiger partial charge in [0.2, 0.25) is 5.91 Å². The van der Waals surface area contributed by atoms with Gasteiger partial charge in [0.1, 0.15) is 12.9 Å². The maximum atomic E-state index is 11.9. The molecule has 0 saturated carbocycles. The highest BCUT2D eigenvalue weighted by Crippen LogP contribution is 2.29. The van der Waals surface area contributed by atoms with Crippen molar-refractivity contribution >= 4 is 5.91 Å². The highest BCUT2D eigenvalue weighted by Gasteiger charge is 2.22. The zero-order valence-corrected chi connectivity index (χ0v) is 15.7. The number of amides is 1. The molecule has 1 aliphatic heterocycles. The van der Waals surface area contributed by atoms with Gasteiger partial charge >= 0.3 is 0 Å². The number of carbonyl (C=O) groups excluding carboxylic acids is 1. The molecule has 0 bridgehead atoms. The molecule has 1 amide bonds. The molecule has 142 valence electrons. The van der Waals surface area contributed by atoms with E-state index in [1.807, 2.05) is 0 Å². The fraction of sp³-hybridized carbons (Fsp3) is 0.684. The number of likely N-dealkylation sites (tertiary alicyclic amines) is 1. The minimum atomic E-state index is -0.0286. The second kappa shape index (κ2) is 9.07. The summed E-state index contributed by atoms with van der Waals surface area (Å²) in [6.07, 6.45) is 9.81. The molecule has 1 atom stereocenters. The van der Waals surface area contributed by atoms with Gasteiger partial charge in [-0.25, -0.2) is 4.68 Å². The first-order valence-corrected chi connectivity index (χ1v) is 9.63. The van der Waals surface area contributed by atoms with Crippen molar-refractivity contribution in [3.05, 3.63) is 30.1 Å². The topological polar surface area (TPSA) is 75.9 Å². The van der Waals surface area contributed by atoms with E-state index in [-0.39, 0.29) is 12.5 Å².